The van der Waals surface area contributed by atoms with E-state index in [1.807, 2.05) is 31.2 Å². The number of rotatable bonds is 4. The van der Waals surface area contributed by atoms with Crippen LogP contribution in [-0.2, 0) is 6.18 Å². The van der Waals surface area contributed by atoms with Gasteiger partial charge in [0.15, 0.2) is 0 Å². The molecule has 1 aromatic heterocycles. The van der Waals surface area contributed by atoms with Crippen LogP contribution in [0.1, 0.15) is 17.0 Å². The first kappa shape index (κ1) is 17.7. The Morgan fingerprint density at radius 1 is 0.769 bits per heavy atom. The highest BCUT2D eigenvalue weighted by Gasteiger charge is 2.30. The number of aromatic nitrogens is 2. The second-order valence-electron chi connectivity index (χ2n) is 5.88. The monoisotopic (exact) mass is 358 g/mol. The molecule has 134 valence electrons. The third kappa shape index (κ3) is 4.50. The summed E-state index contributed by atoms with van der Waals surface area (Å²) in [5.74, 6) is 1.46. The van der Waals surface area contributed by atoms with E-state index in [4.69, 9.17) is 0 Å². The highest BCUT2D eigenvalue weighted by molar-refractivity contribution is 5.64. The van der Waals surface area contributed by atoms with Crippen molar-refractivity contribution in [3.8, 4) is 0 Å². The quantitative estimate of drug-likeness (QED) is 0.637. The van der Waals surface area contributed by atoms with E-state index in [0.29, 0.717) is 23.1 Å². The Morgan fingerprint density at radius 2 is 1.35 bits per heavy atom. The zero-order valence-corrected chi connectivity index (χ0v) is 14.2. The minimum atomic E-state index is -4.39. The van der Waals surface area contributed by atoms with Gasteiger partial charge in [-0.3, -0.25) is 0 Å². The van der Waals surface area contributed by atoms with Crippen LogP contribution in [0, 0.1) is 13.8 Å². The summed E-state index contributed by atoms with van der Waals surface area (Å²) >= 11 is 0. The number of hydrogen-bond acceptors (Lipinski definition) is 4. The van der Waals surface area contributed by atoms with Gasteiger partial charge in [-0.05, 0) is 49.7 Å². The van der Waals surface area contributed by atoms with Crippen molar-refractivity contribution in [3.05, 3.63) is 71.5 Å². The third-order valence-corrected chi connectivity index (χ3v) is 3.59. The molecule has 7 heteroatoms. The first-order valence-corrected chi connectivity index (χ1v) is 7.93. The van der Waals surface area contributed by atoms with Crippen LogP contribution in [0.2, 0.25) is 0 Å². The van der Waals surface area contributed by atoms with Crippen molar-refractivity contribution in [2.45, 2.75) is 20.0 Å². The molecule has 0 aliphatic heterocycles. The molecule has 3 rings (SSSR count). The zero-order valence-electron chi connectivity index (χ0n) is 14.2. The predicted molar refractivity (Wildman–Crippen MR) is 96.0 cm³/mol. The summed E-state index contributed by atoms with van der Waals surface area (Å²) in [4.78, 5) is 8.55. The Hall–Kier alpha value is -3.09. The van der Waals surface area contributed by atoms with E-state index in [-0.39, 0.29) is 0 Å². The Bertz CT molecular complexity index is 923. The zero-order chi connectivity index (χ0) is 18.7. The van der Waals surface area contributed by atoms with Crippen LogP contribution in [-0.4, -0.2) is 9.97 Å². The number of hydrogen-bond donors (Lipinski definition) is 2. The van der Waals surface area contributed by atoms with Crippen LogP contribution >= 0.6 is 0 Å². The van der Waals surface area contributed by atoms with Gasteiger partial charge in [0.05, 0.1) is 5.56 Å². The number of nitrogens with zero attached hydrogens (tertiary/aromatic N) is 2. The maximum absolute atomic E-state index is 12.8. The van der Waals surface area contributed by atoms with Gasteiger partial charge in [0.2, 0.25) is 0 Å². The fourth-order valence-electron chi connectivity index (χ4n) is 2.49. The van der Waals surface area contributed by atoms with Crippen molar-refractivity contribution in [1.29, 1.82) is 0 Å². The van der Waals surface area contributed by atoms with Gasteiger partial charge >= 0.3 is 6.18 Å². The SMILES string of the molecule is Cc1cccc(Nc2cc(Nc3cccc(C(F)(F)F)c3)nc(C)n2)c1. The van der Waals surface area contributed by atoms with Gasteiger partial charge in [-0.25, -0.2) is 9.97 Å². The van der Waals surface area contributed by atoms with E-state index >= 15 is 0 Å². The lowest BCUT2D eigenvalue weighted by Gasteiger charge is -2.12. The average Bonchev–Trinajstić information content (AvgIpc) is 2.53. The summed E-state index contributed by atoms with van der Waals surface area (Å²) in [5.41, 5.74) is 1.56. The first-order valence-electron chi connectivity index (χ1n) is 7.93. The van der Waals surface area contributed by atoms with Crippen molar-refractivity contribution >= 4 is 23.0 Å². The van der Waals surface area contributed by atoms with Crippen LogP contribution in [0.25, 0.3) is 0 Å². The molecular formula is C19H17F3N4. The molecule has 0 saturated heterocycles. The molecule has 0 spiro atoms. The minimum absolute atomic E-state index is 0.305. The maximum Gasteiger partial charge on any atom is 0.416 e. The average molecular weight is 358 g/mol. The molecule has 2 N–H and O–H groups in total. The predicted octanol–water partition coefficient (Wildman–Crippen LogP) is 5.60. The molecule has 0 atom stereocenters. The number of halogens is 3. The van der Waals surface area contributed by atoms with Crippen LogP contribution in [0.4, 0.5) is 36.2 Å². The van der Waals surface area contributed by atoms with Gasteiger partial charge in [-0.1, -0.05) is 18.2 Å². The number of anilines is 4. The molecule has 0 fully saturated rings. The molecule has 0 bridgehead atoms. The van der Waals surface area contributed by atoms with Gasteiger partial charge in [0.25, 0.3) is 0 Å². The largest absolute Gasteiger partial charge is 0.416 e. The number of benzene rings is 2. The lowest BCUT2D eigenvalue weighted by molar-refractivity contribution is -0.137. The van der Waals surface area contributed by atoms with Crippen LogP contribution in [0.3, 0.4) is 0 Å². The van der Waals surface area contributed by atoms with Gasteiger partial charge in [0, 0.05) is 17.4 Å². The van der Waals surface area contributed by atoms with E-state index in [2.05, 4.69) is 20.6 Å². The summed E-state index contributed by atoms with van der Waals surface area (Å²) < 4.78 is 38.5. The van der Waals surface area contributed by atoms with E-state index in [9.17, 15) is 13.2 Å². The van der Waals surface area contributed by atoms with Gasteiger partial charge < -0.3 is 10.6 Å². The molecule has 0 aliphatic carbocycles. The Labute approximate surface area is 149 Å². The van der Waals surface area contributed by atoms with Gasteiger partial charge in [0.1, 0.15) is 17.5 Å². The van der Waals surface area contributed by atoms with Crippen molar-refractivity contribution in [2.75, 3.05) is 10.6 Å². The van der Waals surface area contributed by atoms with Crippen LogP contribution in [0.5, 0.6) is 0 Å². The number of alkyl halides is 3. The molecule has 0 aliphatic rings. The highest BCUT2D eigenvalue weighted by atomic mass is 19.4. The molecule has 0 amide bonds. The number of aryl methyl sites for hydroxylation is 2. The molecule has 2 aromatic carbocycles. The summed E-state index contributed by atoms with van der Waals surface area (Å²) in [7, 11) is 0. The third-order valence-electron chi connectivity index (χ3n) is 3.59. The fourth-order valence-corrected chi connectivity index (χ4v) is 2.49. The lowest BCUT2D eigenvalue weighted by atomic mass is 10.2. The second-order valence-corrected chi connectivity index (χ2v) is 5.88. The molecule has 1 heterocycles. The second kappa shape index (κ2) is 7.03. The molecule has 26 heavy (non-hydrogen) atoms. The summed E-state index contributed by atoms with van der Waals surface area (Å²) in [6.07, 6.45) is -4.39. The van der Waals surface area contributed by atoms with E-state index in [1.165, 1.54) is 6.07 Å². The van der Waals surface area contributed by atoms with Crippen LogP contribution in [0.15, 0.2) is 54.6 Å². The van der Waals surface area contributed by atoms with E-state index < -0.39 is 11.7 Å². The summed E-state index contributed by atoms with van der Waals surface area (Å²) in [6, 6.07) is 14.4. The number of nitrogens with one attached hydrogen (secondary N) is 2. The Balaban J connectivity index is 1.84. The topological polar surface area (TPSA) is 49.8 Å². The highest BCUT2D eigenvalue weighted by Crippen LogP contribution is 2.31. The summed E-state index contributed by atoms with van der Waals surface area (Å²) in [5, 5.41) is 6.08. The van der Waals surface area contributed by atoms with Crippen molar-refractivity contribution in [3.63, 3.8) is 0 Å². The molecule has 0 radical (unpaired) electrons. The smallest absolute Gasteiger partial charge is 0.340 e. The molecule has 3 aromatic rings. The van der Waals surface area contributed by atoms with Crippen LogP contribution < -0.4 is 10.6 Å². The standard InChI is InChI=1S/C19H17F3N4/c1-12-5-3-7-15(9-12)25-17-11-18(24-13(2)23-17)26-16-8-4-6-14(10-16)19(20,21)22/h3-11H,1-2H3,(H2,23,24,25,26). The Morgan fingerprint density at radius 3 is 1.92 bits per heavy atom. The van der Waals surface area contributed by atoms with Gasteiger partial charge in [-0.2, -0.15) is 13.2 Å². The normalized spacial score (nSPS) is 11.3. The first-order chi connectivity index (χ1) is 12.3. The minimum Gasteiger partial charge on any atom is -0.340 e. The lowest BCUT2D eigenvalue weighted by Crippen LogP contribution is -2.06. The molecular weight excluding hydrogens is 341 g/mol. The van der Waals surface area contributed by atoms with Crippen molar-refractivity contribution in [2.24, 2.45) is 0 Å². The maximum atomic E-state index is 12.8. The van der Waals surface area contributed by atoms with E-state index in [0.717, 1.165) is 23.4 Å². The summed E-state index contributed by atoms with van der Waals surface area (Å²) in [6.45, 7) is 3.70. The van der Waals surface area contributed by atoms with Crippen molar-refractivity contribution in [1.82, 2.24) is 9.97 Å². The molecule has 0 saturated carbocycles. The molecule has 4 nitrogen and oxygen atoms in total. The fraction of sp³-hybridized carbons (Fsp3) is 0.158. The van der Waals surface area contributed by atoms with Crippen molar-refractivity contribution < 1.29 is 13.2 Å². The molecule has 0 unspecified atom stereocenters. The van der Waals surface area contributed by atoms with E-state index in [1.54, 1.807) is 19.1 Å². The Kier molecular flexibility index (Phi) is 4.79. The van der Waals surface area contributed by atoms with Gasteiger partial charge in [-0.15, -0.1) is 0 Å².